The number of fused-ring (bicyclic) bond motifs is 2. The van der Waals surface area contributed by atoms with Crippen LogP contribution >= 0.6 is 0 Å². The molecule has 1 aromatic carbocycles. The lowest BCUT2D eigenvalue weighted by Crippen LogP contribution is -2.36. The Kier molecular flexibility index (Phi) is 4.49. The van der Waals surface area contributed by atoms with Crippen LogP contribution in [0.15, 0.2) is 67.6 Å². The summed E-state index contributed by atoms with van der Waals surface area (Å²) in [6, 6.07) is 12.5. The Morgan fingerprint density at radius 3 is 2.65 bits per heavy atom. The van der Waals surface area contributed by atoms with Crippen molar-refractivity contribution in [1.82, 2.24) is 24.1 Å². The molecular weight excluding hydrogens is 388 g/mol. The third-order valence-corrected chi connectivity index (χ3v) is 7.00. The largest absolute Gasteiger partial charge is 0.391 e. The second-order valence-corrected chi connectivity index (χ2v) is 8.93. The number of aliphatic hydroxyl groups excluding tert-OH is 1. The highest BCUT2D eigenvalue weighted by molar-refractivity contribution is 5.75. The van der Waals surface area contributed by atoms with Crippen LogP contribution in [0.1, 0.15) is 24.4 Å². The first kappa shape index (κ1) is 18.6. The first-order chi connectivity index (χ1) is 15.2. The van der Waals surface area contributed by atoms with E-state index in [9.17, 15) is 5.11 Å². The topological polar surface area (TPSA) is 72.0 Å². The smallest absolute Gasteiger partial charge is 0.128 e. The average molecular weight is 415 g/mol. The highest BCUT2D eigenvalue weighted by Gasteiger charge is 2.42. The molecule has 7 nitrogen and oxygen atoms in total. The number of aromatic nitrogens is 5. The van der Waals surface area contributed by atoms with Crippen LogP contribution in [0, 0.1) is 11.8 Å². The van der Waals surface area contributed by atoms with Gasteiger partial charge in [-0.05, 0) is 48.4 Å². The van der Waals surface area contributed by atoms with E-state index in [-0.39, 0.29) is 12.1 Å². The van der Waals surface area contributed by atoms with E-state index in [1.165, 1.54) is 5.56 Å². The van der Waals surface area contributed by atoms with E-state index in [1.807, 2.05) is 47.8 Å². The van der Waals surface area contributed by atoms with Crippen LogP contribution in [0.4, 0.5) is 5.82 Å². The minimum absolute atomic E-state index is 0.0825. The van der Waals surface area contributed by atoms with E-state index in [0.717, 1.165) is 49.3 Å². The van der Waals surface area contributed by atoms with Crippen LogP contribution in [0.5, 0.6) is 0 Å². The van der Waals surface area contributed by atoms with E-state index < -0.39 is 0 Å². The number of hydrogen-bond donors (Lipinski definition) is 1. The summed E-state index contributed by atoms with van der Waals surface area (Å²) in [5, 5.41) is 11.0. The van der Waals surface area contributed by atoms with Gasteiger partial charge in [0, 0.05) is 38.2 Å². The van der Waals surface area contributed by atoms with Gasteiger partial charge in [-0.2, -0.15) is 0 Å². The highest BCUT2D eigenvalue weighted by atomic mass is 16.3. The number of aliphatic hydroxyl groups is 1. The van der Waals surface area contributed by atoms with Gasteiger partial charge in [0.25, 0.3) is 0 Å². The first-order valence-corrected chi connectivity index (χ1v) is 11.0. The Hall–Kier alpha value is -3.19. The van der Waals surface area contributed by atoms with Crippen molar-refractivity contribution in [2.75, 3.05) is 18.0 Å². The molecule has 1 aliphatic heterocycles. The molecule has 7 heteroatoms. The molecule has 1 saturated heterocycles. The molecule has 4 heterocycles. The van der Waals surface area contributed by atoms with Gasteiger partial charge in [0.2, 0.25) is 0 Å². The zero-order valence-electron chi connectivity index (χ0n) is 17.3. The van der Waals surface area contributed by atoms with Crippen LogP contribution < -0.4 is 4.90 Å². The highest BCUT2D eigenvalue weighted by Crippen LogP contribution is 2.43. The van der Waals surface area contributed by atoms with E-state index in [2.05, 4.69) is 37.6 Å². The molecule has 0 radical (unpaired) electrons. The van der Waals surface area contributed by atoms with Gasteiger partial charge in [-0.3, -0.25) is 0 Å². The summed E-state index contributed by atoms with van der Waals surface area (Å²) in [5.41, 5.74) is 3.26. The van der Waals surface area contributed by atoms with Gasteiger partial charge in [0.05, 0.1) is 35.8 Å². The third kappa shape index (κ3) is 3.39. The maximum atomic E-state index is 11.0. The molecule has 3 aromatic heterocycles. The molecule has 1 saturated carbocycles. The van der Waals surface area contributed by atoms with Crippen molar-refractivity contribution in [3.63, 3.8) is 0 Å². The van der Waals surface area contributed by atoms with E-state index in [0.29, 0.717) is 11.8 Å². The van der Waals surface area contributed by atoms with Crippen molar-refractivity contribution in [2.45, 2.75) is 31.5 Å². The molecule has 6 rings (SSSR count). The van der Waals surface area contributed by atoms with Crippen molar-refractivity contribution in [1.29, 1.82) is 0 Å². The van der Waals surface area contributed by atoms with Gasteiger partial charge in [-0.1, -0.05) is 18.2 Å². The molecule has 31 heavy (non-hydrogen) atoms. The van der Waals surface area contributed by atoms with Crippen molar-refractivity contribution in [2.24, 2.45) is 11.8 Å². The van der Waals surface area contributed by atoms with Crippen molar-refractivity contribution in [3.8, 4) is 0 Å². The normalized spacial score (nSPS) is 25.8. The molecule has 158 valence electrons. The monoisotopic (exact) mass is 414 g/mol. The Morgan fingerprint density at radius 2 is 1.84 bits per heavy atom. The van der Waals surface area contributed by atoms with Gasteiger partial charge in [-0.15, -0.1) is 0 Å². The van der Waals surface area contributed by atoms with Gasteiger partial charge < -0.3 is 19.1 Å². The number of pyridine rings is 1. The second-order valence-electron chi connectivity index (χ2n) is 8.93. The van der Waals surface area contributed by atoms with Crippen LogP contribution in [0.25, 0.3) is 11.0 Å². The van der Waals surface area contributed by atoms with Gasteiger partial charge in [0.1, 0.15) is 5.82 Å². The molecular formula is C24H26N6O. The van der Waals surface area contributed by atoms with Gasteiger partial charge in [-0.25, -0.2) is 15.0 Å². The number of anilines is 1. The number of hydrogen-bond acceptors (Lipinski definition) is 5. The number of rotatable bonds is 4. The summed E-state index contributed by atoms with van der Waals surface area (Å²) in [7, 11) is 0. The summed E-state index contributed by atoms with van der Waals surface area (Å²) in [4.78, 5) is 15.8. The quantitative estimate of drug-likeness (QED) is 0.556. The maximum Gasteiger partial charge on any atom is 0.128 e. The van der Waals surface area contributed by atoms with Gasteiger partial charge >= 0.3 is 0 Å². The summed E-state index contributed by atoms with van der Waals surface area (Å²) in [6.07, 6.45) is 10.9. The Morgan fingerprint density at radius 1 is 0.968 bits per heavy atom. The van der Waals surface area contributed by atoms with Crippen molar-refractivity contribution < 1.29 is 5.11 Å². The molecule has 2 fully saturated rings. The number of imidazole rings is 2. The SMILES string of the molecule is O[C@@H]1C[C@H]2CN(c3ccc(Cn4ccnc4)cn3)C[C@H]2C[C@H]1n1cnc2ccccc21. The Labute approximate surface area is 181 Å². The summed E-state index contributed by atoms with van der Waals surface area (Å²) in [6.45, 7) is 2.74. The van der Waals surface area contributed by atoms with Crippen molar-refractivity contribution >= 4 is 16.9 Å². The Bertz CT molecular complexity index is 1170. The molecule has 1 aliphatic carbocycles. The van der Waals surface area contributed by atoms with Gasteiger partial charge in [0.15, 0.2) is 0 Å². The molecule has 4 atom stereocenters. The van der Waals surface area contributed by atoms with Crippen LogP contribution in [0.3, 0.4) is 0 Å². The zero-order chi connectivity index (χ0) is 20.8. The summed E-state index contributed by atoms with van der Waals surface area (Å²) < 4.78 is 4.23. The number of nitrogens with zero attached hydrogens (tertiary/aromatic N) is 6. The molecule has 0 unspecified atom stereocenters. The molecule has 1 N–H and O–H groups in total. The maximum absolute atomic E-state index is 11.0. The predicted octanol–water partition coefficient (Wildman–Crippen LogP) is 3.12. The first-order valence-electron chi connectivity index (χ1n) is 11.0. The molecule has 0 bridgehead atoms. The third-order valence-electron chi connectivity index (χ3n) is 7.00. The predicted molar refractivity (Wildman–Crippen MR) is 119 cm³/mol. The second kappa shape index (κ2) is 7.50. The number of benzene rings is 1. The molecule has 0 spiro atoms. The fourth-order valence-electron chi connectivity index (χ4n) is 5.42. The lowest BCUT2D eigenvalue weighted by Gasteiger charge is -2.36. The molecule has 0 amide bonds. The zero-order valence-corrected chi connectivity index (χ0v) is 17.3. The summed E-state index contributed by atoms with van der Waals surface area (Å²) in [5.74, 6) is 2.10. The summed E-state index contributed by atoms with van der Waals surface area (Å²) >= 11 is 0. The molecule has 2 aliphatic rings. The van der Waals surface area contributed by atoms with Crippen molar-refractivity contribution in [3.05, 3.63) is 73.2 Å². The van der Waals surface area contributed by atoms with E-state index in [4.69, 9.17) is 4.98 Å². The van der Waals surface area contributed by atoms with Crippen LogP contribution in [-0.2, 0) is 6.54 Å². The van der Waals surface area contributed by atoms with Crippen LogP contribution in [-0.4, -0.2) is 48.4 Å². The lowest BCUT2D eigenvalue weighted by molar-refractivity contribution is 0.0375. The van der Waals surface area contributed by atoms with E-state index in [1.54, 1.807) is 6.20 Å². The standard InChI is InChI=1S/C24H26N6O/c31-23-10-19-14-29(24-6-5-17(11-26-24)12-28-8-7-25-15-28)13-18(19)9-22(23)30-16-27-20-3-1-2-4-21(20)30/h1-8,11,15-16,18-19,22-23,31H,9-10,12-14H2/t18-,19+,22-,23-/m1/s1. The fourth-order valence-corrected chi connectivity index (χ4v) is 5.42. The minimum Gasteiger partial charge on any atom is -0.391 e. The minimum atomic E-state index is -0.343. The average Bonchev–Trinajstić information content (AvgIpc) is 3.53. The number of para-hydroxylation sites is 2. The fraction of sp³-hybridized carbons (Fsp3) is 0.375. The lowest BCUT2D eigenvalue weighted by atomic mass is 9.77. The van der Waals surface area contributed by atoms with Crippen LogP contribution in [0.2, 0.25) is 0 Å². The van der Waals surface area contributed by atoms with E-state index >= 15 is 0 Å². The Balaban J connectivity index is 1.17. The molecule has 4 aromatic rings.